The molecule has 0 spiro atoms. The third-order valence-corrected chi connectivity index (χ3v) is 7.45. The SMILES string of the molecule is CC(C)c1noc(N2CCC(Oc3cc(N4CCc5cc(N6CCCCC6=O)ccc54)ncn3)CC2)n1. The minimum atomic E-state index is 0.0713. The molecule has 6 rings (SSSR count). The average molecular weight is 504 g/mol. The molecule has 2 fully saturated rings. The highest BCUT2D eigenvalue weighted by Crippen LogP contribution is 2.37. The summed E-state index contributed by atoms with van der Waals surface area (Å²) < 4.78 is 11.7. The molecule has 3 aromatic rings. The number of hydrogen-bond donors (Lipinski definition) is 0. The summed E-state index contributed by atoms with van der Waals surface area (Å²) in [5, 5.41) is 4.07. The van der Waals surface area contributed by atoms with E-state index in [4.69, 9.17) is 9.26 Å². The Kier molecular flexibility index (Phi) is 6.40. The number of ether oxygens (including phenoxy) is 1. The quantitative estimate of drug-likeness (QED) is 0.489. The summed E-state index contributed by atoms with van der Waals surface area (Å²) in [5.41, 5.74) is 3.38. The van der Waals surface area contributed by atoms with Crippen molar-refractivity contribution in [1.82, 2.24) is 20.1 Å². The number of aromatic nitrogens is 4. The van der Waals surface area contributed by atoms with Crippen molar-refractivity contribution in [2.75, 3.05) is 40.9 Å². The number of carbonyl (C=O) groups is 1. The van der Waals surface area contributed by atoms with E-state index < -0.39 is 0 Å². The van der Waals surface area contributed by atoms with E-state index >= 15 is 0 Å². The van der Waals surface area contributed by atoms with E-state index in [1.165, 1.54) is 5.56 Å². The lowest BCUT2D eigenvalue weighted by atomic mass is 10.1. The van der Waals surface area contributed by atoms with Crippen LogP contribution in [0.5, 0.6) is 5.88 Å². The number of rotatable bonds is 6. The molecule has 194 valence electrons. The van der Waals surface area contributed by atoms with Gasteiger partial charge in [0.15, 0.2) is 5.82 Å². The van der Waals surface area contributed by atoms with Crippen LogP contribution in [0.25, 0.3) is 0 Å². The molecule has 0 bridgehead atoms. The molecule has 0 radical (unpaired) electrons. The van der Waals surface area contributed by atoms with Crippen molar-refractivity contribution in [2.24, 2.45) is 0 Å². The molecule has 0 N–H and O–H groups in total. The van der Waals surface area contributed by atoms with Gasteiger partial charge in [-0.2, -0.15) is 4.98 Å². The first kappa shape index (κ1) is 23.7. The summed E-state index contributed by atoms with van der Waals surface area (Å²) in [6.07, 6.45) is 6.95. The maximum atomic E-state index is 12.4. The molecule has 3 aliphatic rings. The van der Waals surface area contributed by atoms with Crippen LogP contribution in [0, 0.1) is 0 Å². The second kappa shape index (κ2) is 9.99. The fraction of sp³-hybridized carbons (Fsp3) is 0.519. The van der Waals surface area contributed by atoms with Crippen LogP contribution in [0.1, 0.15) is 63.3 Å². The van der Waals surface area contributed by atoms with Gasteiger partial charge < -0.3 is 24.0 Å². The molecule has 3 aliphatic heterocycles. The normalized spacial score (nSPS) is 18.6. The highest BCUT2D eigenvalue weighted by atomic mass is 16.5. The Morgan fingerprint density at radius 2 is 1.86 bits per heavy atom. The number of nitrogens with zero attached hydrogens (tertiary/aromatic N) is 7. The topological polar surface area (TPSA) is 101 Å². The first-order chi connectivity index (χ1) is 18.0. The monoisotopic (exact) mass is 503 g/mol. The van der Waals surface area contributed by atoms with Gasteiger partial charge in [0.2, 0.25) is 11.8 Å². The van der Waals surface area contributed by atoms with Gasteiger partial charge in [0.1, 0.15) is 18.2 Å². The smallest absolute Gasteiger partial charge is 0.324 e. The molecule has 5 heterocycles. The Bertz CT molecular complexity index is 1270. The van der Waals surface area contributed by atoms with E-state index in [0.717, 1.165) is 81.3 Å². The summed E-state index contributed by atoms with van der Waals surface area (Å²) in [7, 11) is 0. The minimum absolute atomic E-state index is 0.0713. The number of fused-ring (bicyclic) bond motifs is 1. The van der Waals surface area contributed by atoms with Crippen molar-refractivity contribution in [3.05, 3.63) is 42.0 Å². The molecule has 0 saturated carbocycles. The predicted octanol–water partition coefficient (Wildman–Crippen LogP) is 4.24. The predicted molar refractivity (Wildman–Crippen MR) is 140 cm³/mol. The Balaban J connectivity index is 1.10. The fourth-order valence-corrected chi connectivity index (χ4v) is 5.34. The Labute approximate surface area is 216 Å². The van der Waals surface area contributed by atoms with Crippen LogP contribution in [0.2, 0.25) is 0 Å². The van der Waals surface area contributed by atoms with Crippen molar-refractivity contribution >= 4 is 29.1 Å². The van der Waals surface area contributed by atoms with Gasteiger partial charge in [-0.3, -0.25) is 4.79 Å². The zero-order valence-corrected chi connectivity index (χ0v) is 21.5. The lowest BCUT2D eigenvalue weighted by molar-refractivity contribution is -0.119. The van der Waals surface area contributed by atoms with E-state index in [0.29, 0.717) is 18.3 Å². The van der Waals surface area contributed by atoms with E-state index in [-0.39, 0.29) is 17.9 Å². The summed E-state index contributed by atoms with van der Waals surface area (Å²) in [5.74, 6) is 2.62. The van der Waals surface area contributed by atoms with Crippen LogP contribution in [0.15, 0.2) is 35.1 Å². The molecule has 2 aromatic heterocycles. The van der Waals surface area contributed by atoms with E-state index in [2.05, 4.69) is 62.0 Å². The number of benzene rings is 1. The van der Waals surface area contributed by atoms with Crippen LogP contribution >= 0.6 is 0 Å². The van der Waals surface area contributed by atoms with Gasteiger partial charge in [0.25, 0.3) is 0 Å². The van der Waals surface area contributed by atoms with Crippen molar-refractivity contribution in [2.45, 2.75) is 64.4 Å². The Hall–Kier alpha value is -3.69. The molecule has 1 amide bonds. The zero-order valence-electron chi connectivity index (χ0n) is 21.5. The number of hydrogen-bond acceptors (Lipinski definition) is 9. The van der Waals surface area contributed by atoms with E-state index in [9.17, 15) is 4.79 Å². The second-order valence-corrected chi connectivity index (χ2v) is 10.3. The van der Waals surface area contributed by atoms with E-state index in [1.807, 2.05) is 11.0 Å². The van der Waals surface area contributed by atoms with Crippen LogP contribution in [0.4, 0.5) is 23.2 Å². The van der Waals surface area contributed by atoms with Crippen LogP contribution in [0.3, 0.4) is 0 Å². The molecule has 10 nitrogen and oxygen atoms in total. The number of amides is 1. The van der Waals surface area contributed by atoms with Crippen molar-refractivity contribution in [3.63, 3.8) is 0 Å². The van der Waals surface area contributed by atoms with E-state index in [1.54, 1.807) is 6.33 Å². The van der Waals surface area contributed by atoms with Gasteiger partial charge in [-0.25, -0.2) is 9.97 Å². The summed E-state index contributed by atoms with van der Waals surface area (Å²) in [6, 6.07) is 8.85. The lowest BCUT2D eigenvalue weighted by Gasteiger charge is -2.30. The van der Waals surface area contributed by atoms with Gasteiger partial charge in [0, 0.05) is 68.8 Å². The maximum Gasteiger partial charge on any atom is 0.324 e. The van der Waals surface area contributed by atoms with Crippen LogP contribution < -0.4 is 19.4 Å². The van der Waals surface area contributed by atoms with Gasteiger partial charge in [-0.1, -0.05) is 19.0 Å². The van der Waals surface area contributed by atoms with Crippen LogP contribution in [-0.4, -0.2) is 58.3 Å². The molecule has 10 heteroatoms. The van der Waals surface area contributed by atoms with Crippen LogP contribution in [-0.2, 0) is 11.2 Å². The van der Waals surface area contributed by atoms with Gasteiger partial charge in [-0.15, -0.1) is 0 Å². The summed E-state index contributed by atoms with van der Waals surface area (Å²) >= 11 is 0. The molecule has 1 aromatic carbocycles. The van der Waals surface area contributed by atoms with Crippen molar-refractivity contribution in [1.29, 1.82) is 0 Å². The Morgan fingerprint density at radius 1 is 1.00 bits per heavy atom. The first-order valence-electron chi connectivity index (χ1n) is 13.3. The van der Waals surface area contributed by atoms with Crippen molar-refractivity contribution in [3.8, 4) is 5.88 Å². The highest BCUT2D eigenvalue weighted by molar-refractivity contribution is 5.94. The fourth-order valence-electron chi connectivity index (χ4n) is 5.34. The Morgan fingerprint density at radius 3 is 2.65 bits per heavy atom. The number of carbonyl (C=O) groups excluding carboxylic acids is 1. The maximum absolute atomic E-state index is 12.4. The summed E-state index contributed by atoms with van der Waals surface area (Å²) in [4.78, 5) is 32.1. The molecule has 0 aliphatic carbocycles. The van der Waals surface area contributed by atoms with Gasteiger partial charge in [-0.05, 0) is 43.0 Å². The molecular weight excluding hydrogens is 470 g/mol. The highest BCUT2D eigenvalue weighted by Gasteiger charge is 2.27. The summed E-state index contributed by atoms with van der Waals surface area (Å²) in [6.45, 7) is 7.35. The van der Waals surface area contributed by atoms with Gasteiger partial charge >= 0.3 is 6.01 Å². The molecule has 0 atom stereocenters. The number of piperidine rings is 2. The molecule has 2 saturated heterocycles. The second-order valence-electron chi connectivity index (χ2n) is 10.3. The third kappa shape index (κ3) is 4.84. The molecule has 0 unspecified atom stereocenters. The average Bonchev–Trinajstić information content (AvgIpc) is 3.57. The molecular formula is C27H33N7O3. The minimum Gasteiger partial charge on any atom is -0.474 e. The largest absolute Gasteiger partial charge is 0.474 e. The first-order valence-corrected chi connectivity index (χ1v) is 13.3. The van der Waals surface area contributed by atoms with Crippen molar-refractivity contribution < 1.29 is 14.1 Å². The lowest BCUT2D eigenvalue weighted by Crippen LogP contribution is -2.38. The third-order valence-electron chi connectivity index (χ3n) is 7.45. The zero-order chi connectivity index (χ0) is 25.4. The van der Waals surface area contributed by atoms with Gasteiger partial charge in [0.05, 0.1) is 0 Å². The standard InChI is InChI=1S/C27H33N7O3/c1-18(2)26-30-27(37-31-26)32-12-9-21(10-13-32)36-24-16-23(28-17-29-24)34-14-8-19-15-20(6-7-22(19)34)33-11-4-3-5-25(33)35/h6-7,15-18,21H,3-5,8-14H2,1-2H3. The number of anilines is 4. The molecule has 37 heavy (non-hydrogen) atoms.